The lowest BCUT2D eigenvalue weighted by Gasteiger charge is -2.56. The molecular formula is C19H23N3O3. The molecule has 2 saturated carbocycles. The zero-order chi connectivity index (χ0) is 17.4. The first-order valence-electron chi connectivity index (χ1n) is 8.93. The number of carbonyl (C=O) groups is 2. The number of H-pyrrole nitrogens is 1. The number of rotatable bonds is 5. The Bertz CT molecular complexity index is 801. The van der Waals surface area contributed by atoms with E-state index in [-0.39, 0.29) is 24.5 Å². The number of carbonyl (C=O) groups excluding carboxylic acids is 2. The maximum Gasteiger partial charge on any atom is 0.302 e. The van der Waals surface area contributed by atoms with Crippen LogP contribution in [0.25, 0.3) is 10.9 Å². The highest BCUT2D eigenvalue weighted by Crippen LogP contribution is 2.59. The molecule has 1 unspecified atom stereocenters. The molecule has 6 heteroatoms. The molecule has 2 aliphatic rings. The van der Waals surface area contributed by atoms with Crippen molar-refractivity contribution in [2.24, 2.45) is 11.3 Å². The smallest absolute Gasteiger partial charge is 0.302 e. The first-order valence-corrected chi connectivity index (χ1v) is 8.93. The van der Waals surface area contributed by atoms with E-state index in [9.17, 15) is 9.59 Å². The van der Waals surface area contributed by atoms with Crippen molar-refractivity contribution in [3.63, 3.8) is 0 Å². The monoisotopic (exact) mass is 341 g/mol. The molecule has 0 aliphatic heterocycles. The predicted octanol–water partition coefficient (Wildman–Crippen LogP) is 2.80. The van der Waals surface area contributed by atoms with Gasteiger partial charge in [0, 0.05) is 12.3 Å². The van der Waals surface area contributed by atoms with Crippen molar-refractivity contribution < 1.29 is 14.3 Å². The summed E-state index contributed by atoms with van der Waals surface area (Å²) < 4.78 is 5.22. The molecule has 2 fully saturated rings. The van der Waals surface area contributed by atoms with Gasteiger partial charge in [-0.1, -0.05) is 18.6 Å². The fourth-order valence-corrected chi connectivity index (χ4v) is 4.33. The molecule has 6 nitrogen and oxygen atoms in total. The van der Waals surface area contributed by atoms with E-state index < -0.39 is 0 Å². The van der Waals surface area contributed by atoms with Gasteiger partial charge >= 0.3 is 5.97 Å². The number of fused-ring (bicyclic) bond motifs is 1. The Morgan fingerprint density at radius 1 is 1.40 bits per heavy atom. The summed E-state index contributed by atoms with van der Waals surface area (Å²) in [5.41, 5.74) is 1.81. The average molecular weight is 341 g/mol. The van der Waals surface area contributed by atoms with Crippen molar-refractivity contribution in [1.82, 2.24) is 15.5 Å². The zero-order valence-electron chi connectivity index (χ0n) is 14.4. The summed E-state index contributed by atoms with van der Waals surface area (Å²) in [5, 5.41) is 10.9. The summed E-state index contributed by atoms with van der Waals surface area (Å²) >= 11 is 0. The minimum atomic E-state index is -0.312. The lowest BCUT2D eigenvalue weighted by atomic mass is 9.50. The fraction of sp³-hybridized carbons (Fsp3) is 0.526. The highest BCUT2D eigenvalue weighted by Gasteiger charge is 2.50. The number of para-hydroxylation sites is 1. The Morgan fingerprint density at radius 2 is 2.20 bits per heavy atom. The molecule has 0 saturated heterocycles. The van der Waals surface area contributed by atoms with Crippen LogP contribution in [-0.4, -0.2) is 34.7 Å². The van der Waals surface area contributed by atoms with Gasteiger partial charge in [-0.05, 0) is 43.1 Å². The van der Waals surface area contributed by atoms with Gasteiger partial charge in [-0.15, -0.1) is 0 Å². The predicted molar refractivity (Wildman–Crippen MR) is 93.0 cm³/mol. The number of amides is 1. The van der Waals surface area contributed by atoms with Crippen LogP contribution in [0, 0.1) is 11.3 Å². The Kier molecular flexibility index (Phi) is 3.98. The second kappa shape index (κ2) is 6.17. The van der Waals surface area contributed by atoms with Crippen molar-refractivity contribution in [2.45, 2.75) is 45.1 Å². The third-order valence-corrected chi connectivity index (χ3v) is 5.88. The third-order valence-electron chi connectivity index (χ3n) is 5.88. The molecular weight excluding hydrogens is 318 g/mol. The van der Waals surface area contributed by atoms with Gasteiger partial charge in [0.15, 0.2) is 0 Å². The summed E-state index contributed by atoms with van der Waals surface area (Å²) in [6, 6.07) is 5.41. The van der Waals surface area contributed by atoms with Crippen molar-refractivity contribution in [3.8, 4) is 0 Å². The number of hydrogen-bond acceptors (Lipinski definition) is 4. The molecule has 0 bridgehead atoms. The van der Waals surface area contributed by atoms with Gasteiger partial charge in [-0.25, -0.2) is 0 Å². The van der Waals surface area contributed by atoms with Crippen LogP contribution < -0.4 is 5.32 Å². The summed E-state index contributed by atoms with van der Waals surface area (Å²) in [6.45, 7) is 1.64. The normalized spacial score (nSPS) is 19.9. The van der Waals surface area contributed by atoms with Crippen molar-refractivity contribution in [2.75, 3.05) is 6.61 Å². The van der Waals surface area contributed by atoms with Crippen LogP contribution in [0.3, 0.4) is 0 Å². The van der Waals surface area contributed by atoms with Crippen LogP contribution in [0.15, 0.2) is 24.4 Å². The van der Waals surface area contributed by atoms with Gasteiger partial charge in [-0.3, -0.25) is 14.7 Å². The van der Waals surface area contributed by atoms with E-state index in [1.165, 1.54) is 26.2 Å². The topological polar surface area (TPSA) is 84.1 Å². The van der Waals surface area contributed by atoms with Crippen molar-refractivity contribution in [1.29, 1.82) is 0 Å². The third kappa shape index (κ3) is 3.01. The van der Waals surface area contributed by atoms with Crippen LogP contribution in [-0.2, 0) is 9.53 Å². The van der Waals surface area contributed by atoms with Crippen LogP contribution >= 0.6 is 0 Å². The van der Waals surface area contributed by atoms with E-state index in [1.54, 1.807) is 12.3 Å². The van der Waals surface area contributed by atoms with Crippen LogP contribution in [0.5, 0.6) is 0 Å². The second-order valence-corrected chi connectivity index (χ2v) is 7.54. The molecule has 1 amide bonds. The highest BCUT2D eigenvalue weighted by atomic mass is 16.5. The molecule has 25 heavy (non-hydrogen) atoms. The second-order valence-electron chi connectivity index (χ2n) is 7.54. The van der Waals surface area contributed by atoms with Gasteiger partial charge in [0.05, 0.1) is 23.3 Å². The summed E-state index contributed by atoms with van der Waals surface area (Å²) in [5.74, 6) is -0.0845. The number of nitrogens with one attached hydrogen (secondary N) is 2. The van der Waals surface area contributed by atoms with Gasteiger partial charge in [-0.2, -0.15) is 5.10 Å². The maximum atomic E-state index is 12.8. The molecule has 0 radical (unpaired) electrons. The Balaban J connectivity index is 1.48. The molecule has 1 atom stereocenters. The molecule has 4 rings (SSSR count). The molecule has 132 valence electrons. The Hall–Kier alpha value is -2.37. The lowest BCUT2D eigenvalue weighted by molar-refractivity contribution is -0.143. The summed E-state index contributed by atoms with van der Waals surface area (Å²) in [4.78, 5) is 24.0. The van der Waals surface area contributed by atoms with Crippen LogP contribution in [0.4, 0.5) is 0 Å². The Morgan fingerprint density at radius 3 is 2.88 bits per heavy atom. The van der Waals surface area contributed by atoms with E-state index in [4.69, 9.17) is 4.74 Å². The van der Waals surface area contributed by atoms with Gasteiger partial charge in [0.1, 0.15) is 6.61 Å². The number of esters is 1. The van der Waals surface area contributed by atoms with E-state index in [2.05, 4.69) is 15.5 Å². The SMILES string of the molecule is CC(=O)OCC(NC(=O)c1cccc2cn[nH]c12)C1CC2(CCC2)C1. The molecule has 2 aliphatic carbocycles. The minimum Gasteiger partial charge on any atom is -0.464 e. The first kappa shape index (κ1) is 16.1. The van der Waals surface area contributed by atoms with Crippen molar-refractivity contribution in [3.05, 3.63) is 30.0 Å². The van der Waals surface area contributed by atoms with E-state index in [0.717, 1.165) is 23.7 Å². The van der Waals surface area contributed by atoms with E-state index in [0.29, 0.717) is 16.9 Å². The quantitative estimate of drug-likeness (QED) is 0.819. The van der Waals surface area contributed by atoms with Gasteiger partial charge < -0.3 is 10.1 Å². The average Bonchev–Trinajstić information content (AvgIpc) is 2.97. The van der Waals surface area contributed by atoms with E-state index >= 15 is 0 Å². The van der Waals surface area contributed by atoms with Gasteiger partial charge in [0.2, 0.25) is 0 Å². The molecule has 1 aromatic heterocycles. The molecule has 2 N–H and O–H groups in total. The summed E-state index contributed by atoms with van der Waals surface area (Å²) in [7, 11) is 0. The van der Waals surface area contributed by atoms with Crippen LogP contribution in [0.2, 0.25) is 0 Å². The lowest BCUT2D eigenvalue weighted by Crippen LogP contribution is -2.54. The minimum absolute atomic E-state index is 0.138. The number of hydrogen-bond donors (Lipinski definition) is 2. The first-order chi connectivity index (χ1) is 12.1. The van der Waals surface area contributed by atoms with Gasteiger partial charge in [0.25, 0.3) is 5.91 Å². The molecule has 1 spiro atoms. The molecule has 2 aromatic rings. The largest absolute Gasteiger partial charge is 0.464 e. The van der Waals surface area contributed by atoms with E-state index in [1.807, 2.05) is 12.1 Å². The maximum absolute atomic E-state index is 12.8. The zero-order valence-corrected chi connectivity index (χ0v) is 14.4. The standard InChI is InChI=1S/C19H23N3O3/c1-12(23)25-11-16(14-8-19(9-14)6-3-7-19)21-18(24)15-5-2-4-13-10-20-22-17(13)15/h2,4-5,10,14,16H,3,6-9,11H2,1H3,(H,20,22)(H,21,24). The van der Waals surface area contributed by atoms with Crippen LogP contribution in [0.1, 0.15) is 49.4 Å². The number of aromatic amines is 1. The van der Waals surface area contributed by atoms with Crippen molar-refractivity contribution >= 4 is 22.8 Å². The number of benzene rings is 1. The Labute approximate surface area is 146 Å². The highest BCUT2D eigenvalue weighted by molar-refractivity contribution is 6.05. The number of ether oxygens (including phenoxy) is 1. The fourth-order valence-electron chi connectivity index (χ4n) is 4.33. The summed E-state index contributed by atoms with van der Waals surface area (Å²) in [6.07, 6.45) is 7.85. The number of nitrogens with zero attached hydrogens (tertiary/aromatic N) is 1. The molecule has 1 heterocycles. The molecule has 1 aromatic carbocycles. The number of aromatic nitrogens is 2.